The smallest absolute Gasteiger partial charge is 0.143 e. The van der Waals surface area contributed by atoms with Crippen molar-refractivity contribution in [3.8, 4) is 0 Å². The lowest BCUT2D eigenvalue weighted by atomic mass is 10.2. The molecule has 1 saturated heterocycles. The number of aromatic nitrogens is 1. The van der Waals surface area contributed by atoms with Gasteiger partial charge in [-0.15, -0.1) is 0 Å². The van der Waals surface area contributed by atoms with Gasteiger partial charge < -0.3 is 10.2 Å². The Morgan fingerprint density at radius 1 is 1.56 bits per heavy atom. The molecule has 3 nitrogen and oxygen atoms in total. The van der Waals surface area contributed by atoms with E-state index in [1.807, 2.05) is 6.20 Å². The number of nitrogens with one attached hydrogen (secondary N) is 1. The molecule has 0 amide bonds. The number of rotatable bonds is 5. The first-order valence-electron chi connectivity index (χ1n) is 6.82. The molecule has 0 aromatic carbocycles. The molecule has 100 valence electrons. The maximum Gasteiger partial charge on any atom is 0.143 e. The van der Waals surface area contributed by atoms with Crippen LogP contribution in [0.15, 0.2) is 16.7 Å². The molecule has 1 unspecified atom stereocenters. The largest absolute Gasteiger partial charge is 0.351 e. The number of anilines is 1. The summed E-state index contributed by atoms with van der Waals surface area (Å²) >= 11 is 3.64. The van der Waals surface area contributed by atoms with Gasteiger partial charge in [0, 0.05) is 25.3 Å². The highest BCUT2D eigenvalue weighted by Crippen LogP contribution is 2.30. The lowest BCUT2D eigenvalue weighted by Gasteiger charge is -2.27. The van der Waals surface area contributed by atoms with E-state index in [0.717, 1.165) is 29.9 Å². The average molecular weight is 312 g/mol. The number of hydrogen-bond acceptors (Lipinski definition) is 3. The van der Waals surface area contributed by atoms with Crippen LogP contribution in [0.3, 0.4) is 0 Å². The molecule has 2 heterocycles. The molecule has 1 N–H and O–H groups in total. The second kappa shape index (κ2) is 6.53. The van der Waals surface area contributed by atoms with E-state index in [1.54, 1.807) is 0 Å². The molecule has 1 aromatic rings. The number of aryl methyl sites for hydroxylation is 1. The van der Waals surface area contributed by atoms with Gasteiger partial charge in [-0.25, -0.2) is 4.98 Å². The van der Waals surface area contributed by atoms with Crippen molar-refractivity contribution < 1.29 is 0 Å². The van der Waals surface area contributed by atoms with Crippen molar-refractivity contribution in [3.05, 3.63) is 22.3 Å². The maximum atomic E-state index is 4.59. The number of hydrogen-bond donors (Lipinski definition) is 1. The van der Waals surface area contributed by atoms with Gasteiger partial charge in [0.1, 0.15) is 5.82 Å². The van der Waals surface area contributed by atoms with Gasteiger partial charge in [0.25, 0.3) is 0 Å². The van der Waals surface area contributed by atoms with Crippen LogP contribution in [0.25, 0.3) is 0 Å². The molecule has 1 aliphatic heterocycles. The van der Waals surface area contributed by atoms with Crippen LogP contribution in [-0.2, 0) is 0 Å². The minimum absolute atomic E-state index is 0.586. The number of nitrogens with zero attached hydrogens (tertiary/aromatic N) is 2. The molecule has 0 spiro atoms. The van der Waals surface area contributed by atoms with E-state index in [2.05, 4.69) is 51.0 Å². The Morgan fingerprint density at radius 3 is 3.11 bits per heavy atom. The van der Waals surface area contributed by atoms with Crippen molar-refractivity contribution in [3.63, 3.8) is 0 Å². The highest BCUT2D eigenvalue weighted by Gasteiger charge is 2.26. The van der Waals surface area contributed by atoms with E-state index in [9.17, 15) is 0 Å². The van der Waals surface area contributed by atoms with E-state index in [0.29, 0.717) is 6.04 Å². The summed E-state index contributed by atoms with van der Waals surface area (Å²) in [7, 11) is 0. The fourth-order valence-electron chi connectivity index (χ4n) is 2.51. The van der Waals surface area contributed by atoms with Crippen LogP contribution >= 0.6 is 15.9 Å². The Balaban J connectivity index is 2.06. The summed E-state index contributed by atoms with van der Waals surface area (Å²) in [5.41, 5.74) is 1.20. The molecule has 1 fully saturated rings. The first-order valence-corrected chi connectivity index (χ1v) is 7.61. The van der Waals surface area contributed by atoms with Crippen LogP contribution in [0.2, 0.25) is 0 Å². The second-order valence-corrected chi connectivity index (χ2v) is 5.87. The Labute approximate surface area is 118 Å². The summed E-state index contributed by atoms with van der Waals surface area (Å²) in [6, 6.07) is 2.74. The average Bonchev–Trinajstić information content (AvgIpc) is 2.78. The van der Waals surface area contributed by atoms with Crippen molar-refractivity contribution in [2.45, 2.75) is 39.2 Å². The summed E-state index contributed by atoms with van der Waals surface area (Å²) in [5, 5.41) is 3.52. The Hall–Kier alpha value is -0.610. The van der Waals surface area contributed by atoms with Crippen LogP contribution in [0.4, 0.5) is 5.82 Å². The Morgan fingerprint density at radius 2 is 2.39 bits per heavy atom. The van der Waals surface area contributed by atoms with Crippen molar-refractivity contribution in [1.82, 2.24) is 10.3 Å². The van der Waals surface area contributed by atoms with Crippen molar-refractivity contribution >= 4 is 21.7 Å². The summed E-state index contributed by atoms with van der Waals surface area (Å²) in [4.78, 5) is 7.03. The molecule has 0 radical (unpaired) electrons. The molecular formula is C14H22BrN3. The third-order valence-corrected chi connectivity index (χ3v) is 4.00. The van der Waals surface area contributed by atoms with E-state index in [-0.39, 0.29) is 0 Å². The van der Waals surface area contributed by atoms with Crippen molar-refractivity contribution in [1.29, 1.82) is 0 Å². The summed E-state index contributed by atoms with van der Waals surface area (Å²) < 4.78 is 1.12. The zero-order chi connectivity index (χ0) is 13.0. The van der Waals surface area contributed by atoms with Crippen LogP contribution in [0.5, 0.6) is 0 Å². The van der Waals surface area contributed by atoms with Gasteiger partial charge in [0.05, 0.1) is 4.47 Å². The van der Waals surface area contributed by atoms with Gasteiger partial charge in [0.15, 0.2) is 0 Å². The molecular weight excluding hydrogens is 290 g/mol. The van der Waals surface area contributed by atoms with Crippen LogP contribution < -0.4 is 10.2 Å². The van der Waals surface area contributed by atoms with E-state index in [1.165, 1.54) is 24.8 Å². The zero-order valence-electron chi connectivity index (χ0n) is 11.2. The van der Waals surface area contributed by atoms with Crippen molar-refractivity contribution in [2.24, 2.45) is 0 Å². The topological polar surface area (TPSA) is 28.2 Å². The fraction of sp³-hybridized carbons (Fsp3) is 0.643. The molecule has 1 atom stereocenters. The molecule has 4 heteroatoms. The van der Waals surface area contributed by atoms with E-state index < -0.39 is 0 Å². The summed E-state index contributed by atoms with van der Waals surface area (Å²) in [6.07, 6.45) is 5.67. The van der Waals surface area contributed by atoms with Gasteiger partial charge in [-0.05, 0) is 60.3 Å². The van der Waals surface area contributed by atoms with Gasteiger partial charge in [-0.1, -0.05) is 6.92 Å². The number of pyridine rings is 1. The first-order chi connectivity index (χ1) is 8.72. The monoisotopic (exact) mass is 311 g/mol. The molecule has 0 saturated carbocycles. The standard InChI is InChI=1S/C14H22BrN3/c1-3-6-16-10-12-5-4-7-18(12)14-13(15)8-11(2)9-17-14/h8-9,12,16H,3-7,10H2,1-2H3. The molecule has 1 aromatic heterocycles. The third-order valence-electron chi connectivity index (χ3n) is 3.41. The molecule has 0 aliphatic carbocycles. The third kappa shape index (κ3) is 3.23. The SMILES string of the molecule is CCCNCC1CCCN1c1ncc(C)cc1Br. The van der Waals surface area contributed by atoms with E-state index >= 15 is 0 Å². The van der Waals surface area contributed by atoms with Crippen LogP contribution in [0, 0.1) is 6.92 Å². The molecule has 0 bridgehead atoms. The molecule has 1 aliphatic rings. The van der Waals surface area contributed by atoms with Crippen LogP contribution in [-0.4, -0.2) is 30.7 Å². The highest BCUT2D eigenvalue weighted by molar-refractivity contribution is 9.10. The van der Waals surface area contributed by atoms with Gasteiger partial charge >= 0.3 is 0 Å². The quantitative estimate of drug-likeness (QED) is 0.847. The zero-order valence-corrected chi connectivity index (χ0v) is 12.8. The predicted molar refractivity (Wildman–Crippen MR) is 80.2 cm³/mol. The normalized spacial score (nSPS) is 19.5. The molecule has 18 heavy (non-hydrogen) atoms. The Bertz CT molecular complexity index is 395. The summed E-state index contributed by atoms with van der Waals surface area (Å²) in [5.74, 6) is 1.10. The van der Waals surface area contributed by atoms with E-state index in [4.69, 9.17) is 0 Å². The Kier molecular flexibility index (Phi) is 5.01. The second-order valence-electron chi connectivity index (χ2n) is 5.01. The lowest BCUT2D eigenvalue weighted by molar-refractivity contribution is 0.568. The van der Waals surface area contributed by atoms with Gasteiger partial charge in [-0.2, -0.15) is 0 Å². The van der Waals surface area contributed by atoms with Gasteiger partial charge in [0.2, 0.25) is 0 Å². The van der Waals surface area contributed by atoms with Crippen molar-refractivity contribution in [2.75, 3.05) is 24.5 Å². The maximum absolute atomic E-state index is 4.59. The number of halogens is 1. The lowest BCUT2D eigenvalue weighted by Crippen LogP contribution is -2.38. The van der Waals surface area contributed by atoms with Crippen LogP contribution in [0.1, 0.15) is 31.7 Å². The van der Waals surface area contributed by atoms with Gasteiger partial charge in [-0.3, -0.25) is 0 Å². The molecule has 2 rings (SSSR count). The predicted octanol–water partition coefficient (Wildman–Crippen LogP) is 3.12. The minimum atomic E-state index is 0.586. The first kappa shape index (κ1) is 13.8. The minimum Gasteiger partial charge on any atom is -0.351 e. The highest BCUT2D eigenvalue weighted by atomic mass is 79.9. The fourth-order valence-corrected chi connectivity index (χ4v) is 3.20. The summed E-state index contributed by atoms with van der Waals surface area (Å²) in [6.45, 7) is 7.57.